The summed E-state index contributed by atoms with van der Waals surface area (Å²) in [6.07, 6.45) is 1.02. The van der Waals surface area contributed by atoms with Crippen LogP contribution < -0.4 is 0 Å². The largest absolute Gasteiger partial charge is 0.395 e. The number of hydrogen-bond donors (Lipinski definition) is 1. The van der Waals surface area contributed by atoms with Gasteiger partial charge in [0.05, 0.1) is 62.0 Å². The van der Waals surface area contributed by atoms with E-state index in [4.69, 9.17) is 0 Å². The predicted molar refractivity (Wildman–Crippen MR) is 78.1 cm³/mol. The zero-order valence-corrected chi connectivity index (χ0v) is 13.5. The first-order chi connectivity index (χ1) is 7.89. The van der Waals surface area contributed by atoms with Crippen molar-refractivity contribution < 1.29 is 18.6 Å². The van der Waals surface area contributed by atoms with Crippen LogP contribution in [0.2, 0.25) is 0 Å². The SMILES string of the molecule is C=[N+](C)CC(CO)(CC[N+](C)(C)C)C[N+](C)(C)C. The Hall–Kier alpha value is -0.450. The molecule has 0 aliphatic rings. The van der Waals surface area contributed by atoms with Crippen LogP contribution in [0, 0.1) is 5.41 Å². The molecule has 1 unspecified atom stereocenters. The highest BCUT2D eigenvalue weighted by molar-refractivity contribution is 5.14. The maximum absolute atomic E-state index is 9.91. The highest BCUT2D eigenvalue weighted by Gasteiger charge is 2.40. The van der Waals surface area contributed by atoms with Gasteiger partial charge in [-0.2, -0.15) is 0 Å². The van der Waals surface area contributed by atoms with Crippen molar-refractivity contribution in [2.24, 2.45) is 5.41 Å². The third kappa shape index (κ3) is 7.80. The van der Waals surface area contributed by atoms with Crippen LogP contribution >= 0.6 is 0 Å². The molecular weight excluding hydrogens is 226 g/mol. The molecule has 0 saturated heterocycles. The molecule has 4 heteroatoms. The second-order valence-corrected chi connectivity index (χ2v) is 7.88. The fourth-order valence-corrected chi connectivity index (χ4v) is 2.54. The molecule has 0 aromatic heterocycles. The van der Waals surface area contributed by atoms with Gasteiger partial charge in [0.25, 0.3) is 0 Å². The van der Waals surface area contributed by atoms with Gasteiger partial charge in [0.2, 0.25) is 0 Å². The molecule has 1 atom stereocenters. The number of quaternary nitrogens is 2. The smallest absolute Gasteiger partial charge is 0.155 e. The molecule has 0 rings (SSSR count). The third-order valence-electron chi connectivity index (χ3n) is 3.06. The molecule has 0 spiro atoms. The number of aliphatic hydroxyl groups is 1. The van der Waals surface area contributed by atoms with Gasteiger partial charge < -0.3 is 14.1 Å². The molecule has 0 heterocycles. The Morgan fingerprint density at radius 3 is 1.83 bits per heavy atom. The van der Waals surface area contributed by atoms with Crippen LogP contribution in [0.5, 0.6) is 0 Å². The summed E-state index contributed by atoms with van der Waals surface area (Å²) in [7, 11) is 15.1. The molecule has 0 aromatic rings. The fraction of sp³-hybridized carbons (Fsp3) is 0.929. The quantitative estimate of drug-likeness (QED) is 0.374. The van der Waals surface area contributed by atoms with Crippen molar-refractivity contribution in [1.29, 1.82) is 0 Å². The Kier molecular flexibility index (Phi) is 5.98. The zero-order valence-electron chi connectivity index (χ0n) is 13.5. The summed E-state index contributed by atoms with van der Waals surface area (Å²) in [6, 6.07) is 0. The van der Waals surface area contributed by atoms with Crippen molar-refractivity contribution >= 4 is 6.72 Å². The van der Waals surface area contributed by atoms with Crippen molar-refractivity contribution in [1.82, 2.24) is 0 Å². The topological polar surface area (TPSA) is 23.2 Å². The maximum Gasteiger partial charge on any atom is 0.155 e. The van der Waals surface area contributed by atoms with E-state index >= 15 is 0 Å². The van der Waals surface area contributed by atoms with Crippen LogP contribution in [-0.2, 0) is 0 Å². The van der Waals surface area contributed by atoms with E-state index in [0.717, 1.165) is 35.0 Å². The Balaban J connectivity index is 4.92. The fourth-order valence-electron chi connectivity index (χ4n) is 2.54. The summed E-state index contributed by atoms with van der Waals surface area (Å²) in [4.78, 5) is 0. The van der Waals surface area contributed by atoms with Gasteiger partial charge in [-0.3, -0.25) is 0 Å². The predicted octanol–water partition coefficient (Wildman–Crippen LogP) is 0.111. The van der Waals surface area contributed by atoms with Gasteiger partial charge in [0.1, 0.15) is 19.2 Å². The van der Waals surface area contributed by atoms with E-state index in [0.29, 0.717) is 0 Å². The van der Waals surface area contributed by atoms with Crippen LogP contribution in [0.15, 0.2) is 0 Å². The van der Waals surface area contributed by atoms with E-state index in [-0.39, 0.29) is 12.0 Å². The second kappa shape index (κ2) is 6.13. The molecule has 108 valence electrons. The second-order valence-electron chi connectivity index (χ2n) is 7.88. The Morgan fingerprint density at radius 2 is 1.56 bits per heavy atom. The monoisotopic (exact) mass is 260 g/mol. The Labute approximate surface area is 113 Å². The van der Waals surface area contributed by atoms with Crippen molar-refractivity contribution in [2.75, 3.05) is 75.6 Å². The number of rotatable bonds is 8. The lowest BCUT2D eigenvalue weighted by molar-refractivity contribution is -0.885. The Bertz CT molecular complexity index is 276. The first-order valence-electron chi connectivity index (χ1n) is 6.63. The highest BCUT2D eigenvalue weighted by Crippen LogP contribution is 2.25. The van der Waals surface area contributed by atoms with E-state index in [1.165, 1.54) is 0 Å². The van der Waals surface area contributed by atoms with Crippen molar-refractivity contribution in [2.45, 2.75) is 6.42 Å². The Morgan fingerprint density at radius 1 is 1.06 bits per heavy atom. The van der Waals surface area contributed by atoms with Gasteiger partial charge in [-0.1, -0.05) is 0 Å². The van der Waals surface area contributed by atoms with Gasteiger partial charge in [-0.25, -0.2) is 4.58 Å². The van der Waals surface area contributed by atoms with Crippen molar-refractivity contribution in [3.8, 4) is 0 Å². The summed E-state index contributed by atoms with van der Waals surface area (Å²) in [6.45, 7) is 7.04. The van der Waals surface area contributed by atoms with Crippen LogP contribution in [0.3, 0.4) is 0 Å². The molecular formula is C14H34N3O+3. The van der Waals surface area contributed by atoms with E-state index in [1.807, 2.05) is 11.6 Å². The number of nitrogens with zero attached hydrogens (tertiary/aromatic N) is 3. The van der Waals surface area contributed by atoms with Crippen molar-refractivity contribution in [3.63, 3.8) is 0 Å². The molecule has 0 aromatic carbocycles. The molecule has 18 heavy (non-hydrogen) atoms. The van der Waals surface area contributed by atoms with Crippen LogP contribution in [-0.4, -0.2) is 101 Å². The van der Waals surface area contributed by atoms with Crippen LogP contribution in [0.1, 0.15) is 6.42 Å². The van der Waals surface area contributed by atoms with E-state index in [2.05, 4.69) is 49.0 Å². The minimum absolute atomic E-state index is 0.0692. The first-order valence-corrected chi connectivity index (χ1v) is 6.63. The molecule has 1 N–H and O–H groups in total. The zero-order chi connectivity index (χ0) is 14.6. The summed E-state index contributed by atoms with van der Waals surface area (Å²) < 4.78 is 3.74. The van der Waals surface area contributed by atoms with Gasteiger partial charge >= 0.3 is 0 Å². The van der Waals surface area contributed by atoms with Crippen LogP contribution in [0.4, 0.5) is 0 Å². The van der Waals surface area contributed by atoms with E-state index in [1.54, 1.807) is 0 Å². The van der Waals surface area contributed by atoms with Gasteiger partial charge in [0, 0.05) is 6.42 Å². The van der Waals surface area contributed by atoms with Gasteiger partial charge in [0.15, 0.2) is 6.54 Å². The summed E-state index contributed by atoms with van der Waals surface area (Å²) in [5.41, 5.74) is -0.0692. The average Bonchev–Trinajstić information content (AvgIpc) is 2.09. The maximum atomic E-state index is 9.91. The molecule has 0 fully saturated rings. The van der Waals surface area contributed by atoms with Crippen molar-refractivity contribution in [3.05, 3.63) is 0 Å². The third-order valence-corrected chi connectivity index (χ3v) is 3.06. The lowest BCUT2D eigenvalue weighted by Crippen LogP contribution is -2.52. The lowest BCUT2D eigenvalue weighted by Gasteiger charge is -2.38. The number of hydrogen-bond acceptors (Lipinski definition) is 1. The normalized spacial score (nSPS) is 16.4. The first kappa shape index (κ1) is 17.6. The molecule has 4 nitrogen and oxygen atoms in total. The standard InChI is InChI=1S/C14H34N3O/c1-15(2)11-14(13-18,12-17(6,7)8)9-10-16(3,4)5/h18H,1,9-13H2,2-8H3/q+3. The molecule has 0 amide bonds. The minimum Gasteiger partial charge on any atom is -0.395 e. The summed E-state index contributed by atoms with van der Waals surface area (Å²) in [5, 5.41) is 9.91. The van der Waals surface area contributed by atoms with Gasteiger partial charge in [-0.05, 0) is 0 Å². The lowest BCUT2D eigenvalue weighted by atomic mass is 9.83. The molecule has 0 aliphatic heterocycles. The van der Waals surface area contributed by atoms with E-state index in [9.17, 15) is 5.11 Å². The molecule has 0 bridgehead atoms. The number of aliphatic hydroxyl groups excluding tert-OH is 1. The summed E-state index contributed by atoms with van der Waals surface area (Å²) >= 11 is 0. The van der Waals surface area contributed by atoms with Gasteiger partial charge in [-0.15, -0.1) is 0 Å². The van der Waals surface area contributed by atoms with Crippen LogP contribution in [0.25, 0.3) is 0 Å². The highest BCUT2D eigenvalue weighted by atomic mass is 16.3. The van der Waals surface area contributed by atoms with E-state index < -0.39 is 0 Å². The minimum atomic E-state index is -0.0692. The molecule has 0 saturated carbocycles. The molecule has 0 radical (unpaired) electrons. The summed E-state index contributed by atoms with van der Waals surface area (Å²) in [5.74, 6) is 0. The molecule has 0 aliphatic carbocycles. The average molecular weight is 260 g/mol.